The predicted octanol–water partition coefficient (Wildman–Crippen LogP) is 2.76. The molecule has 0 bridgehead atoms. The van der Waals surface area contributed by atoms with Crippen LogP contribution in [0.4, 0.5) is 14.5 Å². The predicted molar refractivity (Wildman–Crippen MR) is 112 cm³/mol. The highest BCUT2D eigenvalue weighted by Crippen LogP contribution is 2.30. The standard InChI is InChI=1S/C21H18ClF2N5O2/c1-27-16-2-3-17(22)26-18(16)19(14(10-25)21(27)31)29-6-4-28(5-7-29)11-12-8-13(23)9-15(24)20(12)30/h2-3,8-9,30H,4-7,11H2,1H3. The van der Waals surface area contributed by atoms with Crippen LogP contribution in [0, 0.1) is 23.0 Å². The average Bonchev–Trinajstić information content (AvgIpc) is 2.74. The molecule has 0 spiro atoms. The first-order chi connectivity index (χ1) is 14.8. The summed E-state index contributed by atoms with van der Waals surface area (Å²) in [4.78, 5) is 20.9. The zero-order chi connectivity index (χ0) is 22.3. The minimum atomic E-state index is -0.998. The molecule has 0 radical (unpaired) electrons. The minimum absolute atomic E-state index is 0.0111. The lowest BCUT2D eigenvalue weighted by atomic mass is 10.1. The van der Waals surface area contributed by atoms with E-state index in [2.05, 4.69) is 4.98 Å². The van der Waals surface area contributed by atoms with E-state index < -0.39 is 22.9 Å². The van der Waals surface area contributed by atoms with Crippen LogP contribution in [0.5, 0.6) is 5.75 Å². The number of piperazine rings is 1. The molecule has 4 rings (SSSR count). The largest absolute Gasteiger partial charge is 0.505 e. The van der Waals surface area contributed by atoms with Gasteiger partial charge in [0.1, 0.15) is 28.1 Å². The van der Waals surface area contributed by atoms with E-state index in [1.165, 1.54) is 4.57 Å². The van der Waals surface area contributed by atoms with Gasteiger partial charge in [-0.3, -0.25) is 9.69 Å². The van der Waals surface area contributed by atoms with Crippen molar-refractivity contribution < 1.29 is 13.9 Å². The molecule has 0 atom stereocenters. The molecule has 0 saturated carbocycles. The number of benzene rings is 1. The van der Waals surface area contributed by atoms with E-state index in [1.807, 2.05) is 15.9 Å². The molecule has 1 saturated heterocycles. The number of hydrogen-bond acceptors (Lipinski definition) is 6. The van der Waals surface area contributed by atoms with Gasteiger partial charge in [0.15, 0.2) is 11.6 Å². The van der Waals surface area contributed by atoms with E-state index >= 15 is 0 Å². The molecule has 0 amide bonds. The third-order valence-corrected chi connectivity index (χ3v) is 5.69. The molecule has 2 aromatic heterocycles. The van der Waals surface area contributed by atoms with Gasteiger partial charge in [0, 0.05) is 51.4 Å². The van der Waals surface area contributed by atoms with Crippen LogP contribution in [-0.4, -0.2) is 45.7 Å². The normalized spacial score (nSPS) is 14.7. The summed E-state index contributed by atoms with van der Waals surface area (Å²) in [6, 6.07) is 7.02. The molecule has 1 aliphatic rings. The summed E-state index contributed by atoms with van der Waals surface area (Å²) in [6.07, 6.45) is 0. The SMILES string of the molecule is Cn1c(=O)c(C#N)c(N2CCN(Cc3cc(F)cc(F)c3O)CC2)c2nc(Cl)ccc21. The molecule has 7 nitrogen and oxygen atoms in total. The van der Waals surface area contributed by atoms with Crippen molar-refractivity contribution in [1.29, 1.82) is 5.26 Å². The van der Waals surface area contributed by atoms with Crippen LogP contribution < -0.4 is 10.5 Å². The van der Waals surface area contributed by atoms with Crippen molar-refractivity contribution in [2.45, 2.75) is 6.54 Å². The van der Waals surface area contributed by atoms with Crippen LogP contribution in [0.25, 0.3) is 11.0 Å². The second-order valence-corrected chi connectivity index (χ2v) is 7.75. The lowest BCUT2D eigenvalue weighted by Gasteiger charge is -2.36. The second-order valence-electron chi connectivity index (χ2n) is 7.36. The Morgan fingerprint density at radius 1 is 1.23 bits per heavy atom. The summed E-state index contributed by atoms with van der Waals surface area (Å²) in [5.41, 5.74) is 1.19. The van der Waals surface area contributed by atoms with Gasteiger partial charge in [-0.15, -0.1) is 0 Å². The molecule has 10 heteroatoms. The Hall–Kier alpha value is -3.22. The Balaban J connectivity index is 1.64. The van der Waals surface area contributed by atoms with Crippen LogP contribution >= 0.6 is 11.6 Å². The van der Waals surface area contributed by atoms with Crippen molar-refractivity contribution >= 4 is 28.3 Å². The van der Waals surface area contributed by atoms with Crippen LogP contribution in [0.15, 0.2) is 29.1 Å². The topological polar surface area (TPSA) is 85.4 Å². The summed E-state index contributed by atoms with van der Waals surface area (Å²) in [5.74, 6) is -2.31. The van der Waals surface area contributed by atoms with Crippen molar-refractivity contribution in [1.82, 2.24) is 14.5 Å². The summed E-state index contributed by atoms with van der Waals surface area (Å²) in [5, 5.41) is 19.8. The fourth-order valence-electron chi connectivity index (χ4n) is 3.89. The maximum atomic E-state index is 13.6. The number of fused-ring (bicyclic) bond motifs is 1. The van der Waals surface area contributed by atoms with Crippen LogP contribution in [0.2, 0.25) is 5.15 Å². The summed E-state index contributed by atoms with van der Waals surface area (Å²) < 4.78 is 28.5. The fourth-order valence-corrected chi connectivity index (χ4v) is 4.04. The fraction of sp³-hybridized carbons (Fsp3) is 0.286. The van der Waals surface area contributed by atoms with Crippen molar-refractivity contribution in [3.63, 3.8) is 0 Å². The van der Waals surface area contributed by atoms with Gasteiger partial charge in [-0.05, 0) is 18.2 Å². The molecule has 1 N–H and O–H groups in total. The third kappa shape index (κ3) is 3.80. The van der Waals surface area contributed by atoms with Crippen molar-refractivity contribution in [3.8, 4) is 11.8 Å². The van der Waals surface area contributed by atoms with Gasteiger partial charge in [-0.25, -0.2) is 13.8 Å². The van der Waals surface area contributed by atoms with Gasteiger partial charge in [-0.2, -0.15) is 5.26 Å². The number of anilines is 1. The Bertz CT molecular complexity index is 1280. The lowest BCUT2D eigenvalue weighted by molar-refractivity contribution is 0.245. The first-order valence-electron chi connectivity index (χ1n) is 9.53. The van der Waals surface area contributed by atoms with Crippen LogP contribution in [0.1, 0.15) is 11.1 Å². The zero-order valence-corrected chi connectivity index (χ0v) is 17.3. The van der Waals surface area contributed by atoms with Crippen molar-refractivity contribution in [2.24, 2.45) is 7.05 Å². The number of halogens is 3. The highest BCUT2D eigenvalue weighted by atomic mass is 35.5. The summed E-state index contributed by atoms with van der Waals surface area (Å²) in [6.45, 7) is 2.04. The van der Waals surface area contributed by atoms with Gasteiger partial charge in [0.05, 0.1) is 11.2 Å². The van der Waals surface area contributed by atoms with Crippen LogP contribution in [0.3, 0.4) is 0 Å². The Kier molecular flexibility index (Phi) is 5.52. The summed E-state index contributed by atoms with van der Waals surface area (Å²) >= 11 is 6.08. The monoisotopic (exact) mass is 445 g/mol. The number of nitrogens with zero attached hydrogens (tertiary/aromatic N) is 5. The molecule has 1 aromatic carbocycles. The second kappa shape index (κ2) is 8.13. The minimum Gasteiger partial charge on any atom is -0.505 e. The van der Waals surface area contributed by atoms with Gasteiger partial charge in [0.25, 0.3) is 5.56 Å². The van der Waals surface area contributed by atoms with E-state index in [0.29, 0.717) is 49.0 Å². The van der Waals surface area contributed by atoms with E-state index in [-0.39, 0.29) is 22.8 Å². The third-order valence-electron chi connectivity index (χ3n) is 5.48. The van der Waals surface area contributed by atoms with Gasteiger partial charge in [-0.1, -0.05) is 11.6 Å². The van der Waals surface area contributed by atoms with Crippen molar-refractivity contribution in [2.75, 3.05) is 31.1 Å². The maximum Gasteiger partial charge on any atom is 0.270 e. The summed E-state index contributed by atoms with van der Waals surface area (Å²) in [7, 11) is 1.58. The Morgan fingerprint density at radius 2 is 1.94 bits per heavy atom. The smallest absolute Gasteiger partial charge is 0.270 e. The molecular weight excluding hydrogens is 428 g/mol. The number of nitriles is 1. The number of aromatic nitrogens is 2. The maximum absolute atomic E-state index is 13.6. The molecular formula is C21H18ClF2N5O2. The molecule has 0 unspecified atom stereocenters. The van der Waals surface area contributed by atoms with E-state index in [1.54, 1.807) is 19.2 Å². The Morgan fingerprint density at radius 3 is 2.61 bits per heavy atom. The first-order valence-corrected chi connectivity index (χ1v) is 9.91. The molecule has 3 heterocycles. The van der Waals surface area contributed by atoms with Crippen LogP contribution in [-0.2, 0) is 13.6 Å². The molecule has 1 aliphatic heterocycles. The molecule has 31 heavy (non-hydrogen) atoms. The number of rotatable bonds is 3. The van der Waals surface area contributed by atoms with E-state index in [4.69, 9.17) is 11.6 Å². The average molecular weight is 446 g/mol. The number of phenolic OH excluding ortho intramolecular Hbond substituents is 1. The van der Waals surface area contributed by atoms with Gasteiger partial charge in [0.2, 0.25) is 0 Å². The molecule has 1 fully saturated rings. The first kappa shape index (κ1) is 21.0. The molecule has 3 aromatic rings. The van der Waals surface area contributed by atoms with Gasteiger partial charge < -0.3 is 14.6 Å². The molecule has 160 valence electrons. The highest BCUT2D eigenvalue weighted by molar-refractivity contribution is 6.29. The quantitative estimate of drug-likeness (QED) is 0.624. The van der Waals surface area contributed by atoms with Crippen molar-refractivity contribution in [3.05, 3.63) is 62.5 Å². The van der Waals surface area contributed by atoms with Gasteiger partial charge >= 0.3 is 0 Å². The number of aromatic hydroxyl groups is 1. The van der Waals surface area contributed by atoms with E-state index in [9.17, 15) is 23.9 Å². The molecule has 0 aliphatic carbocycles. The van der Waals surface area contributed by atoms with E-state index in [0.717, 1.165) is 6.07 Å². The number of pyridine rings is 2. The highest BCUT2D eigenvalue weighted by Gasteiger charge is 2.26. The Labute approximate surface area is 181 Å². The number of aryl methyl sites for hydroxylation is 1. The number of hydrogen-bond donors (Lipinski definition) is 1. The lowest BCUT2D eigenvalue weighted by Crippen LogP contribution is -2.47. The number of phenols is 1. The zero-order valence-electron chi connectivity index (χ0n) is 16.6.